The van der Waals surface area contributed by atoms with Crippen LogP contribution in [-0.4, -0.2) is 41.0 Å². The molecular weight excluding hydrogens is 244 g/mol. The van der Waals surface area contributed by atoms with Gasteiger partial charge >= 0.3 is 0 Å². The van der Waals surface area contributed by atoms with Gasteiger partial charge in [0, 0.05) is 24.4 Å². The molecule has 0 saturated carbocycles. The Labute approximate surface area is 114 Å². The maximum absolute atomic E-state index is 5.33. The molecule has 5 nitrogen and oxygen atoms in total. The highest BCUT2D eigenvalue weighted by Gasteiger charge is 2.16. The smallest absolute Gasteiger partial charge is 0.203 e. The summed E-state index contributed by atoms with van der Waals surface area (Å²) in [6, 6.07) is 3.87. The molecule has 1 fully saturated rings. The Kier molecular flexibility index (Phi) is 4.74. The molecule has 106 valence electrons. The van der Waals surface area contributed by atoms with Crippen molar-refractivity contribution in [1.29, 1.82) is 0 Å². The standard InChI is InChI=1S/C14H22N2O3/c1-17-12-6-11(7-13(18-2)14(12)19-3)16-9-10-4-5-15-8-10/h6-7,10,15-16H,4-5,8-9H2,1-3H3. The molecule has 0 radical (unpaired) electrons. The lowest BCUT2D eigenvalue weighted by molar-refractivity contribution is 0.324. The maximum atomic E-state index is 5.33. The fraction of sp³-hybridized carbons (Fsp3) is 0.571. The fourth-order valence-corrected chi connectivity index (χ4v) is 2.33. The minimum atomic E-state index is 0.623. The van der Waals surface area contributed by atoms with Crippen molar-refractivity contribution in [2.24, 2.45) is 5.92 Å². The third kappa shape index (κ3) is 3.23. The van der Waals surface area contributed by atoms with Crippen LogP contribution in [0.3, 0.4) is 0 Å². The molecule has 1 aromatic carbocycles. The first kappa shape index (κ1) is 13.8. The van der Waals surface area contributed by atoms with Crippen LogP contribution in [0.4, 0.5) is 5.69 Å². The highest BCUT2D eigenvalue weighted by atomic mass is 16.5. The molecule has 19 heavy (non-hydrogen) atoms. The van der Waals surface area contributed by atoms with E-state index in [-0.39, 0.29) is 0 Å². The molecular formula is C14H22N2O3. The zero-order chi connectivity index (χ0) is 13.7. The Balaban J connectivity index is 2.11. The van der Waals surface area contributed by atoms with Crippen LogP contribution in [0.15, 0.2) is 12.1 Å². The molecule has 0 bridgehead atoms. The minimum Gasteiger partial charge on any atom is -0.493 e. The predicted molar refractivity (Wildman–Crippen MR) is 75.6 cm³/mol. The van der Waals surface area contributed by atoms with Crippen molar-refractivity contribution in [1.82, 2.24) is 5.32 Å². The van der Waals surface area contributed by atoms with Crippen LogP contribution >= 0.6 is 0 Å². The monoisotopic (exact) mass is 266 g/mol. The maximum Gasteiger partial charge on any atom is 0.203 e. The SMILES string of the molecule is COc1cc(NCC2CCNC2)cc(OC)c1OC. The average molecular weight is 266 g/mol. The second-order valence-electron chi connectivity index (χ2n) is 4.65. The number of rotatable bonds is 6. The number of methoxy groups -OCH3 is 3. The Morgan fingerprint density at radius 2 is 1.84 bits per heavy atom. The van der Waals surface area contributed by atoms with Crippen molar-refractivity contribution >= 4 is 5.69 Å². The Morgan fingerprint density at radius 3 is 2.32 bits per heavy atom. The first-order chi connectivity index (χ1) is 9.28. The predicted octanol–water partition coefficient (Wildman–Crippen LogP) is 1.73. The van der Waals surface area contributed by atoms with E-state index in [1.165, 1.54) is 6.42 Å². The topological polar surface area (TPSA) is 51.8 Å². The largest absolute Gasteiger partial charge is 0.493 e. The van der Waals surface area contributed by atoms with E-state index in [1.807, 2.05) is 12.1 Å². The molecule has 5 heteroatoms. The van der Waals surface area contributed by atoms with Gasteiger partial charge in [-0.1, -0.05) is 0 Å². The van der Waals surface area contributed by atoms with Crippen LogP contribution in [0.5, 0.6) is 17.2 Å². The van der Waals surface area contributed by atoms with Gasteiger partial charge in [-0.3, -0.25) is 0 Å². The second-order valence-corrected chi connectivity index (χ2v) is 4.65. The lowest BCUT2D eigenvalue weighted by Gasteiger charge is -2.16. The first-order valence-electron chi connectivity index (χ1n) is 6.53. The number of hydrogen-bond acceptors (Lipinski definition) is 5. The van der Waals surface area contributed by atoms with E-state index in [2.05, 4.69) is 10.6 Å². The van der Waals surface area contributed by atoms with Crippen LogP contribution in [-0.2, 0) is 0 Å². The van der Waals surface area contributed by atoms with Crippen LogP contribution in [0.25, 0.3) is 0 Å². The molecule has 1 aliphatic rings. The van der Waals surface area contributed by atoms with E-state index < -0.39 is 0 Å². The summed E-state index contributed by atoms with van der Waals surface area (Å²) in [5.41, 5.74) is 0.987. The van der Waals surface area contributed by atoms with Gasteiger partial charge in [-0.05, 0) is 25.4 Å². The lowest BCUT2D eigenvalue weighted by atomic mass is 10.1. The van der Waals surface area contributed by atoms with E-state index >= 15 is 0 Å². The molecule has 2 N–H and O–H groups in total. The molecule has 0 aromatic heterocycles. The van der Waals surface area contributed by atoms with Crippen LogP contribution in [0, 0.1) is 5.92 Å². The van der Waals surface area contributed by atoms with Crippen molar-refractivity contribution in [3.63, 3.8) is 0 Å². The van der Waals surface area contributed by atoms with Crippen LogP contribution < -0.4 is 24.8 Å². The number of ether oxygens (including phenoxy) is 3. The van der Waals surface area contributed by atoms with Crippen molar-refractivity contribution < 1.29 is 14.2 Å². The number of benzene rings is 1. The van der Waals surface area contributed by atoms with Gasteiger partial charge in [0.2, 0.25) is 5.75 Å². The quantitative estimate of drug-likeness (QED) is 0.821. The molecule has 1 atom stereocenters. The first-order valence-corrected chi connectivity index (χ1v) is 6.53. The van der Waals surface area contributed by atoms with Crippen molar-refractivity contribution in [2.75, 3.05) is 46.3 Å². The Hall–Kier alpha value is -1.62. The highest BCUT2D eigenvalue weighted by Crippen LogP contribution is 2.39. The van der Waals surface area contributed by atoms with Crippen LogP contribution in [0.2, 0.25) is 0 Å². The fourth-order valence-electron chi connectivity index (χ4n) is 2.33. The summed E-state index contributed by atoms with van der Waals surface area (Å²) >= 11 is 0. The van der Waals surface area contributed by atoms with Crippen LogP contribution in [0.1, 0.15) is 6.42 Å². The summed E-state index contributed by atoms with van der Waals surface area (Å²) < 4.78 is 16.0. The number of anilines is 1. The van der Waals surface area contributed by atoms with Gasteiger partial charge in [0.05, 0.1) is 21.3 Å². The summed E-state index contributed by atoms with van der Waals surface area (Å²) in [5, 5.41) is 6.79. The van der Waals surface area contributed by atoms with Crippen molar-refractivity contribution in [2.45, 2.75) is 6.42 Å². The Morgan fingerprint density at radius 1 is 1.16 bits per heavy atom. The number of hydrogen-bond donors (Lipinski definition) is 2. The van der Waals surface area contributed by atoms with Gasteiger partial charge in [0.15, 0.2) is 11.5 Å². The van der Waals surface area contributed by atoms with E-state index in [9.17, 15) is 0 Å². The lowest BCUT2D eigenvalue weighted by Crippen LogP contribution is -2.17. The second kappa shape index (κ2) is 6.52. The zero-order valence-corrected chi connectivity index (χ0v) is 11.8. The van der Waals surface area contributed by atoms with Gasteiger partial charge in [0.25, 0.3) is 0 Å². The molecule has 2 rings (SSSR count). The third-order valence-electron chi connectivity index (χ3n) is 3.42. The summed E-state index contributed by atoms with van der Waals surface area (Å²) in [4.78, 5) is 0. The molecule has 0 aliphatic carbocycles. The summed E-state index contributed by atoms with van der Waals surface area (Å²) in [6.45, 7) is 3.14. The molecule has 1 heterocycles. The average Bonchev–Trinajstić information content (AvgIpc) is 2.97. The highest BCUT2D eigenvalue weighted by molar-refractivity contribution is 5.62. The van der Waals surface area contributed by atoms with Crippen molar-refractivity contribution in [3.8, 4) is 17.2 Å². The molecule has 1 aromatic rings. The van der Waals surface area contributed by atoms with E-state index in [0.29, 0.717) is 23.2 Å². The third-order valence-corrected chi connectivity index (χ3v) is 3.42. The van der Waals surface area contributed by atoms with Gasteiger partial charge in [-0.25, -0.2) is 0 Å². The summed E-state index contributed by atoms with van der Waals surface area (Å²) in [6.07, 6.45) is 1.22. The minimum absolute atomic E-state index is 0.623. The van der Waals surface area contributed by atoms with Gasteiger partial charge in [0.1, 0.15) is 0 Å². The Bertz CT molecular complexity index is 392. The van der Waals surface area contributed by atoms with E-state index in [0.717, 1.165) is 25.3 Å². The molecule has 1 unspecified atom stereocenters. The molecule has 0 spiro atoms. The van der Waals surface area contributed by atoms with E-state index in [4.69, 9.17) is 14.2 Å². The van der Waals surface area contributed by atoms with E-state index in [1.54, 1.807) is 21.3 Å². The number of nitrogens with one attached hydrogen (secondary N) is 2. The molecule has 0 amide bonds. The zero-order valence-electron chi connectivity index (χ0n) is 11.8. The van der Waals surface area contributed by atoms with Gasteiger partial charge in [-0.2, -0.15) is 0 Å². The molecule has 1 saturated heterocycles. The molecule has 1 aliphatic heterocycles. The van der Waals surface area contributed by atoms with Crippen molar-refractivity contribution in [3.05, 3.63) is 12.1 Å². The summed E-state index contributed by atoms with van der Waals surface area (Å²) in [5.74, 6) is 2.65. The van der Waals surface area contributed by atoms with Gasteiger partial charge < -0.3 is 24.8 Å². The normalized spacial score (nSPS) is 18.2. The summed E-state index contributed by atoms with van der Waals surface area (Å²) in [7, 11) is 4.86. The van der Waals surface area contributed by atoms with Gasteiger partial charge in [-0.15, -0.1) is 0 Å².